The molecule has 0 aliphatic heterocycles. The quantitative estimate of drug-likeness (QED) is 0.723. The van der Waals surface area contributed by atoms with Gasteiger partial charge in [-0.25, -0.2) is 0 Å². The minimum Gasteiger partial charge on any atom is -0.398 e. The molecule has 0 unspecified atom stereocenters. The molecule has 0 fully saturated rings. The second-order valence-electron chi connectivity index (χ2n) is 5.20. The molecule has 5 nitrogen and oxygen atoms in total. The largest absolute Gasteiger partial charge is 0.398 e. The smallest absolute Gasteiger partial charge is 0.254 e. The molecular formula is C17H14ClN3O2. The van der Waals surface area contributed by atoms with Gasteiger partial charge in [0.15, 0.2) is 0 Å². The molecule has 3 rings (SSSR count). The lowest BCUT2D eigenvalue weighted by atomic mass is 10.1. The van der Waals surface area contributed by atoms with Gasteiger partial charge in [0.25, 0.3) is 5.91 Å². The molecule has 116 valence electrons. The number of primary amides is 1. The zero-order valence-electron chi connectivity index (χ0n) is 12.1. The summed E-state index contributed by atoms with van der Waals surface area (Å²) in [5.74, 6) is -0.784. The van der Waals surface area contributed by atoms with Crippen LogP contribution in [-0.2, 0) is 6.54 Å². The number of fused-ring (bicyclic) bond motifs is 1. The van der Waals surface area contributed by atoms with Crippen LogP contribution in [0.1, 0.15) is 15.9 Å². The number of hydrogen-bond acceptors (Lipinski definition) is 3. The first kappa shape index (κ1) is 15.1. The van der Waals surface area contributed by atoms with Crippen molar-refractivity contribution in [1.82, 2.24) is 4.57 Å². The van der Waals surface area contributed by atoms with Crippen molar-refractivity contribution in [3.8, 4) is 0 Å². The molecule has 4 N–H and O–H groups in total. The number of anilines is 1. The van der Waals surface area contributed by atoms with E-state index in [1.165, 1.54) is 6.20 Å². The van der Waals surface area contributed by atoms with Gasteiger partial charge in [-0.3, -0.25) is 9.59 Å². The van der Waals surface area contributed by atoms with E-state index in [-0.39, 0.29) is 10.9 Å². The van der Waals surface area contributed by atoms with Crippen LogP contribution in [0.4, 0.5) is 5.69 Å². The fraction of sp³-hybridized carbons (Fsp3) is 0.0588. The van der Waals surface area contributed by atoms with Crippen LogP contribution in [0, 0.1) is 0 Å². The number of nitrogens with zero attached hydrogens (tertiary/aromatic N) is 1. The second kappa shape index (κ2) is 5.78. The van der Waals surface area contributed by atoms with E-state index in [9.17, 15) is 9.59 Å². The van der Waals surface area contributed by atoms with Crippen LogP contribution in [0.2, 0.25) is 5.02 Å². The normalized spacial score (nSPS) is 10.8. The Kier molecular flexibility index (Phi) is 3.80. The number of carbonyl (C=O) groups is 1. The first-order valence-electron chi connectivity index (χ1n) is 6.94. The van der Waals surface area contributed by atoms with Gasteiger partial charge in [-0.15, -0.1) is 0 Å². The van der Waals surface area contributed by atoms with Crippen molar-refractivity contribution in [2.24, 2.45) is 5.73 Å². The van der Waals surface area contributed by atoms with E-state index in [0.29, 0.717) is 22.8 Å². The number of hydrogen-bond donors (Lipinski definition) is 2. The highest BCUT2D eigenvalue weighted by atomic mass is 35.5. The van der Waals surface area contributed by atoms with E-state index in [1.807, 2.05) is 18.2 Å². The highest BCUT2D eigenvalue weighted by molar-refractivity contribution is 6.31. The van der Waals surface area contributed by atoms with Crippen LogP contribution in [0.5, 0.6) is 0 Å². The van der Waals surface area contributed by atoms with Crippen molar-refractivity contribution in [1.29, 1.82) is 0 Å². The number of aromatic nitrogens is 1. The number of carbonyl (C=O) groups excluding carboxylic acids is 1. The van der Waals surface area contributed by atoms with E-state index in [4.69, 9.17) is 23.1 Å². The molecule has 0 aliphatic carbocycles. The van der Waals surface area contributed by atoms with Crippen LogP contribution < -0.4 is 16.9 Å². The summed E-state index contributed by atoms with van der Waals surface area (Å²) in [6.45, 7) is 0.389. The second-order valence-corrected chi connectivity index (χ2v) is 5.60. The third kappa shape index (κ3) is 2.66. The van der Waals surface area contributed by atoms with Gasteiger partial charge in [0.05, 0.1) is 10.9 Å². The standard InChI is InChI=1S/C17H14ClN3O2/c18-12-5-2-1-4-10(12)8-21-9-11(17(20)23)16(22)15-13(19)6-3-7-14(15)21/h1-7,9H,8,19H2,(H2,20,23). The summed E-state index contributed by atoms with van der Waals surface area (Å²) >= 11 is 6.20. The predicted octanol–water partition coefficient (Wildman–Crippen LogP) is 2.38. The Bertz CT molecular complexity index is 979. The van der Waals surface area contributed by atoms with E-state index >= 15 is 0 Å². The van der Waals surface area contributed by atoms with Gasteiger partial charge in [-0.1, -0.05) is 35.9 Å². The molecule has 0 spiro atoms. The van der Waals surface area contributed by atoms with Gasteiger partial charge in [0, 0.05) is 23.5 Å². The summed E-state index contributed by atoms with van der Waals surface area (Å²) < 4.78 is 1.76. The average molecular weight is 328 g/mol. The third-order valence-corrected chi connectivity index (χ3v) is 4.07. The van der Waals surface area contributed by atoms with Gasteiger partial charge in [0.2, 0.25) is 5.43 Å². The molecular weight excluding hydrogens is 314 g/mol. The number of amides is 1. The fourth-order valence-corrected chi connectivity index (χ4v) is 2.77. The lowest BCUT2D eigenvalue weighted by molar-refractivity contribution is 0.0999. The Morgan fingerprint density at radius 2 is 1.87 bits per heavy atom. The van der Waals surface area contributed by atoms with E-state index < -0.39 is 11.3 Å². The maximum absolute atomic E-state index is 12.4. The first-order valence-corrected chi connectivity index (χ1v) is 7.31. The summed E-state index contributed by atoms with van der Waals surface area (Å²) in [5, 5.41) is 0.889. The summed E-state index contributed by atoms with van der Waals surface area (Å²) in [5.41, 5.74) is 12.5. The van der Waals surface area contributed by atoms with E-state index in [2.05, 4.69) is 0 Å². The van der Waals surface area contributed by atoms with Gasteiger partial charge in [-0.05, 0) is 23.8 Å². The van der Waals surface area contributed by atoms with E-state index in [0.717, 1.165) is 5.56 Å². The Hall–Kier alpha value is -2.79. The molecule has 0 saturated carbocycles. The maximum Gasteiger partial charge on any atom is 0.254 e. The van der Waals surface area contributed by atoms with Crippen LogP contribution in [0.25, 0.3) is 10.9 Å². The summed E-state index contributed by atoms with van der Waals surface area (Å²) in [7, 11) is 0. The molecule has 6 heteroatoms. The maximum atomic E-state index is 12.4. The SMILES string of the molecule is NC(=O)c1cn(Cc2ccccc2Cl)c2cccc(N)c2c1=O. The van der Waals surface area contributed by atoms with Crippen LogP contribution in [0.3, 0.4) is 0 Å². The molecule has 0 atom stereocenters. The van der Waals surface area contributed by atoms with Crippen molar-refractivity contribution in [2.45, 2.75) is 6.54 Å². The van der Waals surface area contributed by atoms with Crippen LogP contribution in [-0.4, -0.2) is 10.5 Å². The lowest BCUT2D eigenvalue weighted by Crippen LogP contribution is -2.25. The predicted molar refractivity (Wildman–Crippen MR) is 91.7 cm³/mol. The topological polar surface area (TPSA) is 91.1 Å². The monoisotopic (exact) mass is 327 g/mol. The van der Waals surface area contributed by atoms with Crippen molar-refractivity contribution in [3.63, 3.8) is 0 Å². The molecule has 23 heavy (non-hydrogen) atoms. The van der Waals surface area contributed by atoms with Gasteiger partial charge in [0.1, 0.15) is 5.56 Å². The number of rotatable bonds is 3. The molecule has 1 heterocycles. The Morgan fingerprint density at radius 1 is 1.13 bits per heavy atom. The third-order valence-electron chi connectivity index (χ3n) is 3.70. The van der Waals surface area contributed by atoms with Gasteiger partial charge in [-0.2, -0.15) is 0 Å². The molecule has 0 saturated heterocycles. The minimum atomic E-state index is -0.784. The Labute approximate surface area is 137 Å². The molecule has 1 aromatic heterocycles. The first-order chi connectivity index (χ1) is 11.0. The molecule has 3 aromatic rings. The van der Waals surface area contributed by atoms with Gasteiger partial charge >= 0.3 is 0 Å². The summed E-state index contributed by atoms with van der Waals surface area (Å²) in [6.07, 6.45) is 1.45. The lowest BCUT2D eigenvalue weighted by Gasteiger charge is -2.14. The minimum absolute atomic E-state index is 0.0950. The zero-order chi connectivity index (χ0) is 16.6. The Balaban J connectivity index is 2.30. The van der Waals surface area contributed by atoms with Crippen molar-refractivity contribution < 1.29 is 4.79 Å². The molecule has 2 aromatic carbocycles. The number of nitrogen functional groups attached to an aromatic ring is 1. The fourth-order valence-electron chi connectivity index (χ4n) is 2.58. The van der Waals surface area contributed by atoms with Crippen LogP contribution in [0.15, 0.2) is 53.5 Å². The Morgan fingerprint density at radius 3 is 2.57 bits per heavy atom. The number of halogens is 1. The number of benzene rings is 2. The number of nitrogens with two attached hydrogens (primary N) is 2. The highest BCUT2D eigenvalue weighted by Gasteiger charge is 2.15. The molecule has 0 radical (unpaired) electrons. The van der Waals surface area contributed by atoms with Crippen molar-refractivity contribution in [2.75, 3.05) is 5.73 Å². The highest BCUT2D eigenvalue weighted by Crippen LogP contribution is 2.22. The van der Waals surface area contributed by atoms with Crippen molar-refractivity contribution >= 4 is 34.1 Å². The van der Waals surface area contributed by atoms with Gasteiger partial charge < -0.3 is 16.0 Å². The molecule has 1 amide bonds. The van der Waals surface area contributed by atoms with Crippen LogP contribution >= 0.6 is 11.6 Å². The summed E-state index contributed by atoms with van der Waals surface area (Å²) in [4.78, 5) is 24.0. The van der Waals surface area contributed by atoms with Crippen molar-refractivity contribution in [3.05, 3.63) is 75.0 Å². The summed E-state index contributed by atoms with van der Waals surface area (Å²) in [6, 6.07) is 12.5. The number of pyridine rings is 1. The molecule has 0 bridgehead atoms. The average Bonchev–Trinajstić information content (AvgIpc) is 2.51. The molecule has 0 aliphatic rings. The van der Waals surface area contributed by atoms with E-state index in [1.54, 1.807) is 28.8 Å². The zero-order valence-corrected chi connectivity index (χ0v) is 12.9.